The van der Waals surface area contributed by atoms with Crippen LogP contribution in [0.3, 0.4) is 0 Å². The molecule has 3 rings (SSSR count). The second-order valence-corrected chi connectivity index (χ2v) is 4.46. The fraction of sp³-hybridized carbons (Fsp3) is 0.385. The SMILES string of the molecule is OC1CCCN(c2cnc3ccccc3n2)C1. The van der Waals surface area contributed by atoms with Crippen LogP contribution in [0.4, 0.5) is 5.82 Å². The molecule has 0 spiro atoms. The van der Waals surface area contributed by atoms with Crippen molar-refractivity contribution < 1.29 is 5.11 Å². The molecule has 0 radical (unpaired) electrons. The zero-order valence-corrected chi connectivity index (χ0v) is 9.58. The Bertz CT molecular complexity index is 529. The number of β-amino-alcohol motifs (C(OH)–C–C–N with tert-alkyl or cyclic N) is 1. The summed E-state index contributed by atoms with van der Waals surface area (Å²) < 4.78 is 0. The molecule has 1 saturated heterocycles. The fourth-order valence-electron chi connectivity index (χ4n) is 2.26. The average Bonchev–Trinajstić information content (AvgIpc) is 2.38. The van der Waals surface area contributed by atoms with E-state index >= 15 is 0 Å². The third-order valence-corrected chi connectivity index (χ3v) is 3.16. The van der Waals surface area contributed by atoms with Crippen molar-refractivity contribution in [1.82, 2.24) is 9.97 Å². The van der Waals surface area contributed by atoms with Gasteiger partial charge >= 0.3 is 0 Å². The van der Waals surface area contributed by atoms with Gasteiger partial charge in [0, 0.05) is 13.1 Å². The van der Waals surface area contributed by atoms with Crippen molar-refractivity contribution in [2.24, 2.45) is 0 Å². The number of aliphatic hydroxyl groups is 1. The van der Waals surface area contributed by atoms with Gasteiger partial charge in [-0.3, -0.25) is 4.98 Å². The molecule has 1 aromatic carbocycles. The monoisotopic (exact) mass is 229 g/mol. The summed E-state index contributed by atoms with van der Waals surface area (Å²) in [6, 6.07) is 7.84. The third kappa shape index (κ3) is 2.08. The molecule has 0 bridgehead atoms. The number of aromatic nitrogens is 2. The molecule has 1 N–H and O–H groups in total. The highest BCUT2D eigenvalue weighted by atomic mass is 16.3. The number of anilines is 1. The second kappa shape index (κ2) is 4.30. The molecular formula is C13H15N3O. The summed E-state index contributed by atoms with van der Waals surface area (Å²) in [6.45, 7) is 1.61. The highest BCUT2D eigenvalue weighted by molar-refractivity contribution is 5.75. The van der Waals surface area contributed by atoms with Crippen molar-refractivity contribution in [2.75, 3.05) is 18.0 Å². The molecule has 1 fully saturated rings. The first kappa shape index (κ1) is 10.5. The molecule has 2 aromatic rings. The number of rotatable bonds is 1. The Morgan fingerprint density at radius 3 is 2.88 bits per heavy atom. The topological polar surface area (TPSA) is 49.2 Å². The van der Waals surface area contributed by atoms with E-state index in [0.717, 1.165) is 36.2 Å². The zero-order valence-electron chi connectivity index (χ0n) is 9.58. The predicted octanol–water partition coefficient (Wildman–Crippen LogP) is 1.59. The van der Waals surface area contributed by atoms with Gasteiger partial charge in [0.1, 0.15) is 5.82 Å². The van der Waals surface area contributed by atoms with E-state index in [2.05, 4.69) is 14.9 Å². The quantitative estimate of drug-likeness (QED) is 0.806. The minimum absolute atomic E-state index is 0.239. The summed E-state index contributed by atoms with van der Waals surface area (Å²) in [5.41, 5.74) is 1.82. The molecule has 4 heteroatoms. The highest BCUT2D eigenvalue weighted by Crippen LogP contribution is 2.19. The van der Waals surface area contributed by atoms with E-state index in [1.165, 1.54) is 0 Å². The summed E-state index contributed by atoms with van der Waals surface area (Å²) in [4.78, 5) is 11.1. The molecule has 0 amide bonds. The van der Waals surface area contributed by atoms with Gasteiger partial charge in [-0.1, -0.05) is 12.1 Å². The highest BCUT2D eigenvalue weighted by Gasteiger charge is 2.19. The average molecular weight is 229 g/mol. The van der Waals surface area contributed by atoms with Gasteiger partial charge < -0.3 is 10.0 Å². The molecule has 1 aromatic heterocycles. The maximum Gasteiger partial charge on any atom is 0.147 e. The summed E-state index contributed by atoms with van der Waals surface area (Å²) in [6.07, 6.45) is 3.45. The van der Waals surface area contributed by atoms with E-state index in [9.17, 15) is 5.11 Å². The van der Waals surface area contributed by atoms with E-state index in [1.54, 1.807) is 6.20 Å². The van der Waals surface area contributed by atoms with Crippen LogP contribution in [-0.4, -0.2) is 34.3 Å². The van der Waals surface area contributed by atoms with Crippen molar-refractivity contribution >= 4 is 16.9 Å². The third-order valence-electron chi connectivity index (χ3n) is 3.16. The van der Waals surface area contributed by atoms with Gasteiger partial charge in [0.05, 0.1) is 23.3 Å². The van der Waals surface area contributed by atoms with Crippen LogP contribution >= 0.6 is 0 Å². The lowest BCUT2D eigenvalue weighted by molar-refractivity contribution is 0.154. The summed E-state index contributed by atoms with van der Waals surface area (Å²) in [5, 5.41) is 9.66. The maximum absolute atomic E-state index is 9.66. The van der Waals surface area contributed by atoms with Crippen LogP contribution in [0.1, 0.15) is 12.8 Å². The Morgan fingerprint density at radius 1 is 1.24 bits per heavy atom. The molecule has 1 atom stereocenters. The van der Waals surface area contributed by atoms with Gasteiger partial charge in [0.15, 0.2) is 0 Å². The number of para-hydroxylation sites is 2. The Hall–Kier alpha value is -1.68. The van der Waals surface area contributed by atoms with Crippen LogP contribution in [0, 0.1) is 0 Å². The van der Waals surface area contributed by atoms with E-state index in [-0.39, 0.29) is 6.10 Å². The Morgan fingerprint density at radius 2 is 2.06 bits per heavy atom. The van der Waals surface area contributed by atoms with Crippen LogP contribution in [-0.2, 0) is 0 Å². The summed E-state index contributed by atoms with van der Waals surface area (Å²) >= 11 is 0. The number of aliphatic hydroxyl groups excluding tert-OH is 1. The minimum Gasteiger partial charge on any atom is -0.391 e. The van der Waals surface area contributed by atoms with Crippen molar-refractivity contribution in [3.05, 3.63) is 30.5 Å². The number of benzene rings is 1. The Labute approximate surface area is 99.9 Å². The smallest absolute Gasteiger partial charge is 0.147 e. The van der Waals surface area contributed by atoms with Crippen molar-refractivity contribution in [1.29, 1.82) is 0 Å². The first-order valence-corrected chi connectivity index (χ1v) is 5.98. The first-order chi connectivity index (χ1) is 8.33. The van der Waals surface area contributed by atoms with Gasteiger partial charge in [-0.25, -0.2) is 4.98 Å². The molecule has 17 heavy (non-hydrogen) atoms. The standard InChI is InChI=1S/C13H15N3O/c17-10-4-3-7-16(9-10)13-8-14-11-5-1-2-6-12(11)15-13/h1-2,5-6,8,10,17H,3-4,7,9H2. The van der Waals surface area contributed by atoms with E-state index in [1.807, 2.05) is 24.3 Å². The molecule has 1 aliphatic rings. The Balaban J connectivity index is 1.94. The van der Waals surface area contributed by atoms with E-state index < -0.39 is 0 Å². The normalized spacial score (nSPS) is 20.8. The number of nitrogens with zero attached hydrogens (tertiary/aromatic N) is 3. The van der Waals surface area contributed by atoms with Crippen LogP contribution < -0.4 is 4.90 Å². The molecule has 88 valence electrons. The van der Waals surface area contributed by atoms with Crippen LogP contribution in [0.5, 0.6) is 0 Å². The van der Waals surface area contributed by atoms with Crippen LogP contribution in [0.2, 0.25) is 0 Å². The Kier molecular flexibility index (Phi) is 2.65. The first-order valence-electron chi connectivity index (χ1n) is 5.98. The molecule has 4 nitrogen and oxygen atoms in total. The number of hydrogen-bond donors (Lipinski definition) is 1. The van der Waals surface area contributed by atoms with Crippen LogP contribution in [0.25, 0.3) is 11.0 Å². The van der Waals surface area contributed by atoms with Gasteiger partial charge in [0.25, 0.3) is 0 Å². The molecule has 0 saturated carbocycles. The molecule has 2 heterocycles. The molecular weight excluding hydrogens is 214 g/mol. The lowest BCUT2D eigenvalue weighted by Crippen LogP contribution is -2.38. The van der Waals surface area contributed by atoms with E-state index in [4.69, 9.17) is 0 Å². The van der Waals surface area contributed by atoms with Crippen molar-refractivity contribution in [3.63, 3.8) is 0 Å². The number of piperidine rings is 1. The van der Waals surface area contributed by atoms with Gasteiger partial charge in [0.2, 0.25) is 0 Å². The van der Waals surface area contributed by atoms with Gasteiger partial charge in [-0.05, 0) is 25.0 Å². The predicted molar refractivity (Wildman–Crippen MR) is 67.0 cm³/mol. The maximum atomic E-state index is 9.66. The number of fused-ring (bicyclic) bond motifs is 1. The molecule has 1 aliphatic heterocycles. The van der Waals surface area contributed by atoms with Crippen molar-refractivity contribution in [2.45, 2.75) is 18.9 Å². The lowest BCUT2D eigenvalue weighted by Gasteiger charge is -2.30. The summed E-state index contributed by atoms with van der Waals surface area (Å²) in [7, 11) is 0. The lowest BCUT2D eigenvalue weighted by atomic mass is 10.1. The summed E-state index contributed by atoms with van der Waals surface area (Å²) in [5.74, 6) is 0.863. The van der Waals surface area contributed by atoms with Crippen LogP contribution in [0.15, 0.2) is 30.5 Å². The largest absolute Gasteiger partial charge is 0.391 e. The van der Waals surface area contributed by atoms with E-state index in [0.29, 0.717) is 6.54 Å². The molecule has 1 unspecified atom stereocenters. The zero-order chi connectivity index (χ0) is 11.7. The fourth-order valence-corrected chi connectivity index (χ4v) is 2.26. The molecule has 0 aliphatic carbocycles. The second-order valence-electron chi connectivity index (χ2n) is 4.46. The minimum atomic E-state index is -0.239. The number of hydrogen-bond acceptors (Lipinski definition) is 4. The van der Waals surface area contributed by atoms with Gasteiger partial charge in [-0.15, -0.1) is 0 Å². The van der Waals surface area contributed by atoms with Crippen molar-refractivity contribution in [3.8, 4) is 0 Å². The van der Waals surface area contributed by atoms with Gasteiger partial charge in [-0.2, -0.15) is 0 Å².